The zero-order valence-corrected chi connectivity index (χ0v) is 16.3. The predicted octanol–water partition coefficient (Wildman–Crippen LogP) is 3.65. The number of nitrogens with one attached hydrogen (secondary N) is 2. The first-order valence-electron chi connectivity index (χ1n) is 9.22. The smallest absolute Gasteiger partial charge is 0.291 e. The van der Waals surface area contributed by atoms with Gasteiger partial charge in [0.2, 0.25) is 5.91 Å². The Hall–Kier alpha value is -3.39. The number of amides is 3. The molecule has 0 spiro atoms. The minimum Gasteiger partial charge on any atom is -0.459 e. The monoisotopic (exact) mass is 409 g/mol. The number of hydrogen-bond donors (Lipinski definition) is 2. The van der Waals surface area contributed by atoms with Crippen LogP contribution in [0.2, 0.25) is 0 Å². The van der Waals surface area contributed by atoms with Gasteiger partial charge in [0.15, 0.2) is 5.76 Å². The van der Waals surface area contributed by atoms with Gasteiger partial charge in [0.1, 0.15) is 0 Å². The average molecular weight is 409 g/mol. The van der Waals surface area contributed by atoms with Crippen molar-refractivity contribution in [2.24, 2.45) is 0 Å². The van der Waals surface area contributed by atoms with E-state index in [4.69, 9.17) is 4.42 Å². The molecule has 2 N–H and O–H groups in total. The van der Waals surface area contributed by atoms with Crippen LogP contribution in [0.5, 0.6) is 0 Å². The zero-order valence-electron chi connectivity index (χ0n) is 15.5. The SMILES string of the molecule is O=C(Nc1ccc(C(=O)NCc2ccc(N3CCCC3=O)cc2)s1)c1ccco1. The molecule has 1 aliphatic heterocycles. The van der Waals surface area contributed by atoms with Crippen molar-refractivity contribution in [1.29, 1.82) is 0 Å². The van der Waals surface area contributed by atoms with E-state index in [-0.39, 0.29) is 23.5 Å². The minimum atomic E-state index is -0.361. The molecule has 3 heterocycles. The summed E-state index contributed by atoms with van der Waals surface area (Å²) in [7, 11) is 0. The van der Waals surface area contributed by atoms with Gasteiger partial charge in [-0.1, -0.05) is 12.1 Å². The average Bonchev–Trinajstić information content (AvgIpc) is 3.48. The fourth-order valence-corrected chi connectivity index (χ4v) is 3.91. The Morgan fingerprint density at radius 3 is 2.59 bits per heavy atom. The van der Waals surface area contributed by atoms with Crippen LogP contribution >= 0.6 is 11.3 Å². The first-order chi connectivity index (χ1) is 14.1. The molecule has 3 amide bonds. The van der Waals surface area contributed by atoms with Crippen molar-refractivity contribution in [3.8, 4) is 0 Å². The maximum absolute atomic E-state index is 12.4. The van der Waals surface area contributed by atoms with Crippen LogP contribution in [0.25, 0.3) is 0 Å². The Labute approximate surface area is 171 Å². The van der Waals surface area contributed by atoms with Gasteiger partial charge < -0.3 is 20.0 Å². The van der Waals surface area contributed by atoms with Crippen LogP contribution in [0.4, 0.5) is 10.7 Å². The summed E-state index contributed by atoms with van der Waals surface area (Å²) in [6.45, 7) is 1.13. The van der Waals surface area contributed by atoms with E-state index in [1.165, 1.54) is 17.6 Å². The van der Waals surface area contributed by atoms with E-state index in [1.807, 2.05) is 24.3 Å². The third-order valence-corrected chi connectivity index (χ3v) is 5.59. The van der Waals surface area contributed by atoms with Crippen LogP contribution in [0.15, 0.2) is 59.2 Å². The molecule has 1 saturated heterocycles. The molecule has 1 fully saturated rings. The summed E-state index contributed by atoms with van der Waals surface area (Å²) in [5.74, 6) is -0.213. The summed E-state index contributed by atoms with van der Waals surface area (Å²) in [5, 5.41) is 6.14. The number of benzene rings is 1. The van der Waals surface area contributed by atoms with Crippen LogP contribution in [0, 0.1) is 0 Å². The van der Waals surface area contributed by atoms with Crippen molar-refractivity contribution < 1.29 is 18.8 Å². The van der Waals surface area contributed by atoms with Gasteiger partial charge in [0, 0.05) is 25.2 Å². The molecule has 0 aliphatic carbocycles. The Bertz CT molecular complexity index is 1020. The molecule has 8 heteroatoms. The molecule has 0 atom stereocenters. The molecule has 3 aromatic rings. The highest BCUT2D eigenvalue weighted by Gasteiger charge is 2.21. The summed E-state index contributed by atoms with van der Waals surface area (Å²) in [5.41, 5.74) is 1.83. The number of anilines is 2. The maximum Gasteiger partial charge on any atom is 0.291 e. The summed E-state index contributed by atoms with van der Waals surface area (Å²) in [6, 6.07) is 14.2. The predicted molar refractivity (Wildman–Crippen MR) is 110 cm³/mol. The van der Waals surface area contributed by atoms with Crippen LogP contribution in [-0.2, 0) is 11.3 Å². The lowest BCUT2D eigenvalue weighted by Gasteiger charge is -2.16. The summed E-state index contributed by atoms with van der Waals surface area (Å²) < 4.78 is 5.05. The van der Waals surface area contributed by atoms with Gasteiger partial charge in [-0.05, 0) is 48.4 Å². The molecule has 0 unspecified atom stereocenters. The second-order valence-corrected chi connectivity index (χ2v) is 7.68. The molecule has 4 rings (SSSR count). The Morgan fingerprint density at radius 2 is 1.90 bits per heavy atom. The lowest BCUT2D eigenvalue weighted by molar-refractivity contribution is -0.117. The highest BCUT2D eigenvalue weighted by Crippen LogP contribution is 2.23. The van der Waals surface area contributed by atoms with E-state index < -0.39 is 0 Å². The van der Waals surface area contributed by atoms with Crippen molar-refractivity contribution in [2.75, 3.05) is 16.8 Å². The van der Waals surface area contributed by atoms with Gasteiger partial charge in [-0.15, -0.1) is 11.3 Å². The fraction of sp³-hybridized carbons (Fsp3) is 0.190. The highest BCUT2D eigenvalue weighted by molar-refractivity contribution is 7.18. The maximum atomic E-state index is 12.4. The number of hydrogen-bond acceptors (Lipinski definition) is 5. The van der Waals surface area contributed by atoms with Crippen LogP contribution in [-0.4, -0.2) is 24.3 Å². The van der Waals surface area contributed by atoms with E-state index in [0.717, 1.165) is 24.2 Å². The Kier molecular flexibility index (Phi) is 5.44. The molecule has 148 valence electrons. The number of carbonyl (C=O) groups is 3. The molecule has 29 heavy (non-hydrogen) atoms. The minimum absolute atomic E-state index is 0.152. The van der Waals surface area contributed by atoms with Crippen molar-refractivity contribution in [2.45, 2.75) is 19.4 Å². The van der Waals surface area contributed by atoms with Crippen LogP contribution < -0.4 is 15.5 Å². The molecule has 0 saturated carbocycles. The molecule has 1 aromatic carbocycles. The second-order valence-electron chi connectivity index (χ2n) is 6.59. The van der Waals surface area contributed by atoms with Crippen molar-refractivity contribution in [3.05, 3.63) is 71.0 Å². The third-order valence-electron chi connectivity index (χ3n) is 4.59. The second kappa shape index (κ2) is 8.32. The van der Waals surface area contributed by atoms with Crippen molar-refractivity contribution in [1.82, 2.24) is 5.32 Å². The van der Waals surface area contributed by atoms with Gasteiger partial charge in [0.05, 0.1) is 16.1 Å². The molecular formula is C21H19N3O4S. The Balaban J connectivity index is 1.31. The van der Waals surface area contributed by atoms with E-state index in [1.54, 1.807) is 29.2 Å². The largest absolute Gasteiger partial charge is 0.459 e. The number of nitrogens with zero attached hydrogens (tertiary/aromatic N) is 1. The van der Waals surface area contributed by atoms with E-state index in [2.05, 4.69) is 10.6 Å². The molecule has 2 aromatic heterocycles. The number of furan rings is 1. The topological polar surface area (TPSA) is 91.7 Å². The summed E-state index contributed by atoms with van der Waals surface area (Å²) in [6.07, 6.45) is 2.92. The first-order valence-corrected chi connectivity index (χ1v) is 10.0. The summed E-state index contributed by atoms with van der Waals surface area (Å²) >= 11 is 1.19. The standard InChI is InChI=1S/C21H19N3O4S/c25-19-4-1-11-24(19)15-7-5-14(6-8-15)13-22-21(27)17-9-10-18(29-17)23-20(26)16-3-2-12-28-16/h2-3,5-10,12H,1,4,11,13H2,(H,22,27)(H,23,26). The lowest BCUT2D eigenvalue weighted by atomic mass is 10.2. The summed E-state index contributed by atoms with van der Waals surface area (Å²) in [4.78, 5) is 38.5. The van der Waals surface area contributed by atoms with Gasteiger partial charge in [-0.2, -0.15) is 0 Å². The normalized spacial score (nSPS) is 13.5. The number of carbonyl (C=O) groups excluding carboxylic acids is 3. The Morgan fingerprint density at radius 1 is 1.07 bits per heavy atom. The molecule has 7 nitrogen and oxygen atoms in total. The molecular weight excluding hydrogens is 390 g/mol. The van der Waals surface area contributed by atoms with E-state index in [0.29, 0.717) is 22.8 Å². The van der Waals surface area contributed by atoms with Gasteiger partial charge >= 0.3 is 0 Å². The van der Waals surface area contributed by atoms with Gasteiger partial charge in [0.25, 0.3) is 11.8 Å². The molecule has 0 bridgehead atoms. The molecule has 0 radical (unpaired) electrons. The fourth-order valence-electron chi connectivity index (χ4n) is 3.09. The van der Waals surface area contributed by atoms with Gasteiger partial charge in [-0.25, -0.2) is 0 Å². The quantitative estimate of drug-likeness (QED) is 0.650. The number of rotatable bonds is 6. The van der Waals surface area contributed by atoms with Crippen LogP contribution in [0.3, 0.4) is 0 Å². The third kappa shape index (κ3) is 4.38. The number of thiophene rings is 1. The van der Waals surface area contributed by atoms with Crippen molar-refractivity contribution in [3.63, 3.8) is 0 Å². The first kappa shape index (κ1) is 18.9. The van der Waals surface area contributed by atoms with Crippen LogP contribution in [0.1, 0.15) is 38.6 Å². The van der Waals surface area contributed by atoms with Gasteiger partial charge in [-0.3, -0.25) is 14.4 Å². The van der Waals surface area contributed by atoms with Crippen molar-refractivity contribution >= 4 is 39.7 Å². The van der Waals surface area contributed by atoms with E-state index in [9.17, 15) is 14.4 Å². The van der Waals surface area contributed by atoms with E-state index >= 15 is 0 Å². The highest BCUT2D eigenvalue weighted by atomic mass is 32.1. The molecule has 1 aliphatic rings. The lowest BCUT2D eigenvalue weighted by Crippen LogP contribution is -2.24. The zero-order chi connectivity index (χ0) is 20.2.